The molecule has 1 amide bonds. The Morgan fingerprint density at radius 1 is 1.12 bits per heavy atom. The van der Waals surface area contributed by atoms with Crippen molar-refractivity contribution in [1.82, 2.24) is 0 Å². The first-order chi connectivity index (χ1) is 12.1. The highest BCUT2D eigenvalue weighted by molar-refractivity contribution is 8.19. The third-order valence-electron chi connectivity index (χ3n) is 3.51. The van der Waals surface area contributed by atoms with E-state index in [0.717, 1.165) is 0 Å². The molecule has 6 nitrogen and oxygen atoms in total. The maximum Gasteiger partial charge on any atom is 0.269 e. The second-order valence-electron chi connectivity index (χ2n) is 5.28. The SMILES string of the molecule is O=C(COc1ccc(C2SCCS2)cc1)Nc1ccc([N+](=O)[O-])cc1. The number of thioether (sulfide) groups is 2. The summed E-state index contributed by atoms with van der Waals surface area (Å²) in [5.41, 5.74) is 1.73. The van der Waals surface area contributed by atoms with E-state index in [9.17, 15) is 14.9 Å². The maximum atomic E-state index is 11.9. The summed E-state index contributed by atoms with van der Waals surface area (Å²) in [6.45, 7) is -0.122. The number of hydrogen-bond donors (Lipinski definition) is 1. The van der Waals surface area contributed by atoms with E-state index in [1.54, 1.807) is 0 Å². The standard InChI is InChI=1S/C17H16N2O4S2/c20-16(18-13-3-5-14(6-4-13)19(21)22)11-23-15-7-1-12(2-8-15)17-24-9-10-25-17/h1-8,17H,9-11H2,(H,18,20). The van der Waals surface area contributed by atoms with Gasteiger partial charge >= 0.3 is 0 Å². The van der Waals surface area contributed by atoms with Crippen molar-refractivity contribution in [2.45, 2.75) is 4.58 Å². The van der Waals surface area contributed by atoms with Crippen molar-refractivity contribution in [2.75, 3.05) is 23.4 Å². The summed E-state index contributed by atoms with van der Waals surface area (Å²) in [5.74, 6) is 2.67. The van der Waals surface area contributed by atoms with Gasteiger partial charge in [-0.1, -0.05) is 12.1 Å². The van der Waals surface area contributed by atoms with Crippen LogP contribution in [0.25, 0.3) is 0 Å². The molecule has 3 rings (SSSR count). The van der Waals surface area contributed by atoms with Crippen LogP contribution in [0.2, 0.25) is 0 Å². The van der Waals surface area contributed by atoms with Crippen molar-refractivity contribution in [1.29, 1.82) is 0 Å². The van der Waals surface area contributed by atoms with Gasteiger partial charge in [0.2, 0.25) is 0 Å². The van der Waals surface area contributed by atoms with E-state index in [1.165, 1.54) is 41.3 Å². The third kappa shape index (κ3) is 4.90. The monoisotopic (exact) mass is 376 g/mol. The number of amides is 1. The molecule has 1 aliphatic heterocycles. The largest absolute Gasteiger partial charge is 0.484 e. The first kappa shape index (κ1) is 17.6. The Labute approximate surface area is 153 Å². The van der Waals surface area contributed by atoms with Crippen LogP contribution in [0.3, 0.4) is 0 Å². The lowest BCUT2D eigenvalue weighted by Crippen LogP contribution is -2.20. The number of nitrogens with zero attached hydrogens (tertiary/aromatic N) is 1. The number of nitrogens with one attached hydrogen (secondary N) is 1. The van der Waals surface area contributed by atoms with Gasteiger partial charge in [-0.3, -0.25) is 14.9 Å². The van der Waals surface area contributed by atoms with Crippen LogP contribution in [-0.4, -0.2) is 28.9 Å². The van der Waals surface area contributed by atoms with Crippen molar-refractivity contribution in [2.24, 2.45) is 0 Å². The van der Waals surface area contributed by atoms with Crippen molar-refractivity contribution < 1.29 is 14.5 Å². The molecule has 0 saturated carbocycles. The van der Waals surface area contributed by atoms with Gasteiger partial charge in [-0.25, -0.2) is 0 Å². The second-order valence-corrected chi connectivity index (χ2v) is 8.01. The number of hydrogen-bond acceptors (Lipinski definition) is 6. The number of nitro groups is 1. The quantitative estimate of drug-likeness (QED) is 0.604. The fourth-order valence-corrected chi connectivity index (χ4v) is 5.14. The zero-order valence-corrected chi connectivity index (χ0v) is 14.8. The van der Waals surface area contributed by atoms with Gasteiger partial charge in [0.25, 0.3) is 11.6 Å². The summed E-state index contributed by atoms with van der Waals surface area (Å²) < 4.78 is 5.97. The Balaban J connectivity index is 1.49. The summed E-state index contributed by atoms with van der Waals surface area (Å²) in [6, 6.07) is 13.5. The number of non-ortho nitro benzene ring substituents is 1. The average Bonchev–Trinajstić information content (AvgIpc) is 3.15. The number of anilines is 1. The Morgan fingerprint density at radius 2 is 1.76 bits per heavy atom. The molecule has 1 aliphatic rings. The van der Waals surface area contributed by atoms with Gasteiger partial charge in [-0.2, -0.15) is 0 Å². The smallest absolute Gasteiger partial charge is 0.269 e. The van der Waals surface area contributed by atoms with Crippen molar-refractivity contribution in [3.63, 3.8) is 0 Å². The molecule has 1 fully saturated rings. The van der Waals surface area contributed by atoms with E-state index in [0.29, 0.717) is 16.0 Å². The first-order valence-corrected chi connectivity index (χ1v) is 9.72. The summed E-state index contributed by atoms with van der Waals surface area (Å²) >= 11 is 3.88. The molecule has 0 atom stereocenters. The molecule has 1 heterocycles. The van der Waals surface area contributed by atoms with E-state index in [1.807, 2.05) is 47.8 Å². The fourth-order valence-electron chi connectivity index (χ4n) is 2.28. The van der Waals surface area contributed by atoms with Gasteiger partial charge in [0.15, 0.2) is 6.61 Å². The molecule has 0 bridgehead atoms. The summed E-state index contributed by atoms with van der Waals surface area (Å²) in [6.07, 6.45) is 0. The van der Waals surface area contributed by atoms with Gasteiger partial charge in [0.05, 0.1) is 9.51 Å². The number of rotatable bonds is 6. The van der Waals surface area contributed by atoms with Crippen LogP contribution in [-0.2, 0) is 4.79 Å². The van der Waals surface area contributed by atoms with Crippen LogP contribution in [0.5, 0.6) is 5.75 Å². The van der Waals surface area contributed by atoms with E-state index in [4.69, 9.17) is 4.74 Å². The molecule has 1 N–H and O–H groups in total. The van der Waals surface area contributed by atoms with E-state index < -0.39 is 4.92 Å². The highest BCUT2D eigenvalue weighted by Gasteiger charge is 2.18. The lowest BCUT2D eigenvalue weighted by Gasteiger charge is -2.10. The van der Waals surface area contributed by atoms with E-state index in [-0.39, 0.29) is 18.2 Å². The first-order valence-electron chi connectivity index (χ1n) is 7.62. The van der Waals surface area contributed by atoms with Crippen molar-refractivity contribution in [3.05, 3.63) is 64.2 Å². The van der Waals surface area contributed by atoms with Gasteiger partial charge in [0, 0.05) is 29.3 Å². The predicted octanol–water partition coefficient (Wildman–Crippen LogP) is 4.09. The second kappa shape index (κ2) is 8.26. The third-order valence-corrected chi connectivity index (χ3v) is 6.61. The van der Waals surface area contributed by atoms with E-state index >= 15 is 0 Å². The van der Waals surface area contributed by atoms with Crippen molar-refractivity contribution >= 4 is 40.8 Å². The summed E-state index contributed by atoms with van der Waals surface area (Å²) in [7, 11) is 0. The lowest BCUT2D eigenvalue weighted by molar-refractivity contribution is -0.384. The highest BCUT2D eigenvalue weighted by Crippen LogP contribution is 2.45. The topological polar surface area (TPSA) is 81.5 Å². The Bertz CT molecular complexity index is 744. The minimum absolute atomic E-state index is 0.0204. The van der Waals surface area contributed by atoms with Gasteiger partial charge in [-0.05, 0) is 29.8 Å². The molecular weight excluding hydrogens is 360 g/mol. The minimum atomic E-state index is -0.485. The van der Waals surface area contributed by atoms with Crippen LogP contribution in [0, 0.1) is 10.1 Å². The van der Waals surface area contributed by atoms with Gasteiger partial charge < -0.3 is 10.1 Å². The van der Waals surface area contributed by atoms with Gasteiger partial charge in [-0.15, -0.1) is 23.5 Å². The Hall–Kier alpha value is -2.19. The number of carbonyl (C=O) groups is 1. The molecule has 0 spiro atoms. The zero-order valence-electron chi connectivity index (χ0n) is 13.2. The average molecular weight is 376 g/mol. The van der Waals surface area contributed by atoms with Crippen LogP contribution in [0.1, 0.15) is 10.1 Å². The molecule has 0 radical (unpaired) electrons. The predicted molar refractivity (Wildman–Crippen MR) is 101 cm³/mol. The van der Waals surface area contributed by atoms with Gasteiger partial charge in [0.1, 0.15) is 5.75 Å². The minimum Gasteiger partial charge on any atom is -0.484 e. The van der Waals surface area contributed by atoms with Crippen LogP contribution >= 0.6 is 23.5 Å². The maximum absolute atomic E-state index is 11.9. The molecule has 2 aromatic carbocycles. The zero-order chi connectivity index (χ0) is 17.6. The molecule has 0 aromatic heterocycles. The number of carbonyl (C=O) groups excluding carboxylic acids is 1. The number of nitro benzene ring substituents is 1. The van der Waals surface area contributed by atoms with E-state index in [2.05, 4.69) is 5.32 Å². The molecule has 1 saturated heterocycles. The number of ether oxygens (including phenoxy) is 1. The normalized spacial score (nSPS) is 14.2. The van der Waals surface area contributed by atoms with Crippen LogP contribution < -0.4 is 10.1 Å². The molecule has 2 aromatic rings. The lowest BCUT2D eigenvalue weighted by atomic mass is 10.2. The fraction of sp³-hybridized carbons (Fsp3) is 0.235. The molecule has 8 heteroatoms. The molecule has 130 valence electrons. The number of benzene rings is 2. The highest BCUT2D eigenvalue weighted by atomic mass is 32.2. The summed E-state index contributed by atoms with van der Waals surface area (Å²) in [5, 5.41) is 13.2. The Morgan fingerprint density at radius 3 is 2.36 bits per heavy atom. The molecule has 0 aliphatic carbocycles. The Kier molecular flexibility index (Phi) is 5.83. The van der Waals surface area contributed by atoms with Crippen molar-refractivity contribution in [3.8, 4) is 5.75 Å². The molecular formula is C17H16N2O4S2. The van der Waals surface area contributed by atoms with Crippen LogP contribution in [0.4, 0.5) is 11.4 Å². The summed E-state index contributed by atoms with van der Waals surface area (Å²) in [4.78, 5) is 22.0. The van der Waals surface area contributed by atoms with Crippen LogP contribution in [0.15, 0.2) is 48.5 Å². The molecule has 25 heavy (non-hydrogen) atoms. The molecule has 0 unspecified atom stereocenters.